The fourth-order valence-electron chi connectivity index (χ4n) is 4.65. The van der Waals surface area contributed by atoms with Gasteiger partial charge < -0.3 is 19.5 Å². The van der Waals surface area contributed by atoms with Crippen LogP contribution in [-0.4, -0.2) is 57.9 Å². The van der Waals surface area contributed by atoms with Crippen LogP contribution in [0.5, 0.6) is 5.75 Å². The highest BCUT2D eigenvalue weighted by molar-refractivity contribution is 7.98. The molecule has 2 fully saturated rings. The van der Waals surface area contributed by atoms with E-state index >= 15 is 4.39 Å². The van der Waals surface area contributed by atoms with Crippen molar-refractivity contribution in [3.8, 4) is 16.9 Å². The van der Waals surface area contributed by atoms with Gasteiger partial charge in [0.25, 0.3) is 0 Å². The number of rotatable bonds is 10. The third-order valence-electron chi connectivity index (χ3n) is 6.77. The standard InChI is InChI=1S/C29H35F3N2O5S/c1-28(2,3)39-27(37)34-15-6-11-22(33-40-29(32)13-14-29)23(34)17-18-7-4-8-19(25(18)31)20-9-5-10-21(30)26(20)38-16-12-24(35)36/h4-5,7-10,22-23,33H,6,11-17H2,1-3H3,(H,35,36). The summed E-state index contributed by atoms with van der Waals surface area (Å²) in [4.78, 5) is 25.7. The van der Waals surface area contributed by atoms with Gasteiger partial charge in [-0.05, 0) is 76.5 Å². The highest BCUT2D eigenvalue weighted by Gasteiger charge is 2.46. The number of carboxylic acid groups (broad SMARTS) is 1. The number of hydrogen-bond acceptors (Lipinski definition) is 6. The first kappa shape index (κ1) is 30.0. The van der Waals surface area contributed by atoms with Crippen molar-refractivity contribution in [1.29, 1.82) is 0 Å². The van der Waals surface area contributed by atoms with E-state index in [0.717, 1.165) is 18.0 Å². The molecule has 1 aliphatic heterocycles. The van der Waals surface area contributed by atoms with Crippen molar-refractivity contribution in [2.24, 2.45) is 0 Å². The van der Waals surface area contributed by atoms with Crippen LogP contribution >= 0.6 is 11.9 Å². The molecule has 2 aromatic rings. The Balaban J connectivity index is 1.64. The molecule has 40 heavy (non-hydrogen) atoms. The van der Waals surface area contributed by atoms with E-state index < -0.39 is 40.3 Å². The lowest BCUT2D eigenvalue weighted by Gasteiger charge is -2.42. The lowest BCUT2D eigenvalue weighted by molar-refractivity contribution is -0.137. The van der Waals surface area contributed by atoms with Crippen molar-refractivity contribution >= 4 is 24.0 Å². The van der Waals surface area contributed by atoms with E-state index in [9.17, 15) is 18.4 Å². The number of carboxylic acids is 1. The molecule has 11 heteroatoms. The average Bonchev–Trinajstić information content (AvgIpc) is 3.61. The Kier molecular flexibility index (Phi) is 9.24. The summed E-state index contributed by atoms with van der Waals surface area (Å²) >= 11 is 1.02. The molecule has 218 valence electrons. The summed E-state index contributed by atoms with van der Waals surface area (Å²) in [6, 6.07) is 7.99. The zero-order valence-electron chi connectivity index (χ0n) is 22.8. The highest BCUT2D eigenvalue weighted by atomic mass is 32.2. The molecule has 1 saturated carbocycles. The Morgan fingerprint density at radius 2 is 1.85 bits per heavy atom. The largest absolute Gasteiger partial charge is 0.489 e. The molecule has 1 heterocycles. The molecule has 0 bridgehead atoms. The molecule has 1 amide bonds. The molecule has 0 spiro atoms. The van der Waals surface area contributed by atoms with Crippen LogP contribution in [0.25, 0.3) is 11.1 Å². The molecule has 2 aromatic carbocycles. The van der Waals surface area contributed by atoms with E-state index in [1.807, 2.05) is 0 Å². The Morgan fingerprint density at radius 1 is 1.15 bits per heavy atom. The number of amides is 1. The Morgan fingerprint density at radius 3 is 2.52 bits per heavy atom. The van der Waals surface area contributed by atoms with E-state index in [0.29, 0.717) is 32.2 Å². The van der Waals surface area contributed by atoms with Gasteiger partial charge in [-0.2, -0.15) is 0 Å². The molecule has 0 radical (unpaired) electrons. The summed E-state index contributed by atoms with van der Waals surface area (Å²) in [7, 11) is 0. The smallest absolute Gasteiger partial charge is 0.410 e. The van der Waals surface area contributed by atoms with Crippen LogP contribution in [-0.2, 0) is 16.0 Å². The second kappa shape index (κ2) is 12.3. The van der Waals surface area contributed by atoms with Gasteiger partial charge in [-0.15, -0.1) is 0 Å². The van der Waals surface area contributed by atoms with Crippen LogP contribution in [0.1, 0.15) is 58.4 Å². The quantitative estimate of drug-likeness (QED) is 0.311. The SMILES string of the molecule is CC(C)(C)OC(=O)N1CCCC(NSC2(F)CC2)C1Cc1cccc(-c2cccc(F)c2OCCC(=O)O)c1F. The van der Waals surface area contributed by atoms with Crippen LogP contribution in [0.15, 0.2) is 36.4 Å². The fourth-order valence-corrected chi connectivity index (χ4v) is 5.60. The number of ether oxygens (including phenoxy) is 2. The molecule has 2 unspecified atom stereocenters. The molecular weight excluding hydrogens is 545 g/mol. The molecule has 7 nitrogen and oxygen atoms in total. The normalized spacial score (nSPS) is 20.2. The van der Waals surface area contributed by atoms with Gasteiger partial charge in [0.2, 0.25) is 0 Å². The van der Waals surface area contributed by atoms with E-state index in [2.05, 4.69) is 4.72 Å². The van der Waals surface area contributed by atoms with Crippen molar-refractivity contribution in [2.45, 2.75) is 82.0 Å². The Bertz CT molecular complexity index is 1230. The summed E-state index contributed by atoms with van der Waals surface area (Å²) < 4.78 is 59.5. The molecule has 2 N–H and O–H groups in total. The number of hydrogen-bond donors (Lipinski definition) is 2. The lowest BCUT2D eigenvalue weighted by atomic mass is 9.90. The Hall–Kier alpha value is -2.92. The number of alkyl halides is 1. The van der Waals surface area contributed by atoms with E-state index in [1.165, 1.54) is 18.2 Å². The van der Waals surface area contributed by atoms with Gasteiger partial charge in [0, 0.05) is 23.7 Å². The summed E-state index contributed by atoms with van der Waals surface area (Å²) in [6.07, 6.45) is 1.51. The summed E-state index contributed by atoms with van der Waals surface area (Å²) in [6.45, 7) is 5.45. The number of carbonyl (C=O) groups excluding carboxylic acids is 1. The lowest BCUT2D eigenvalue weighted by Crippen LogP contribution is -2.56. The first-order valence-corrected chi connectivity index (χ1v) is 14.2. The number of aliphatic carboxylic acids is 1. The third-order valence-corrected chi connectivity index (χ3v) is 7.97. The van der Waals surface area contributed by atoms with Crippen LogP contribution in [0.2, 0.25) is 0 Å². The van der Waals surface area contributed by atoms with E-state index in [1.54, 1.807) is 37.8 Å². The molecule has 4 rings (SSSR count). The second-order valence-corrected chi connectivity index (χ2v) is 12.4. The number of piperidine rings is 1. The van der Waals surface area contributed by atoms with Gasteiger partial charge in [-0.3, -0.25) is 9.52 Å². The van der Waals surface area contributed by atoms with Gasteiger partial charge in [0.1, 0.15) is 11.4 Å². The maximum Gasteiger partial charge on any atom is 0.410 e. The molecule has 1 aliphatic carbocycles. The predicted molar refractivity (Wildman–Crippen MR) is 147 cm³/mol. The summed E-state index contributed by atoms with van der Waals surface area (Å²) in [5, 5.41) is 7.59. The summed E-state index contributed by atoms with van der Waals surface area (Å²) in [5.41, 5.74) is -0.206. The van der Waals surface area contributed by atoms with Crippen LogP contribution in [0.4, 0.5) is 18.0 Å². The highest BCUT2D eigenvalue weighted by Crippen LogP contribution is 2.49. The predicted octanol–water partition coefficient (Wildman–Crippen LogP) is 6.49. The third kappa shape index (κ3) is 7.63. The maximum absolute atomic E-state index is 16.1. The average molecular weight is 581 g/mol. The fraction of sp³-hybridized carbons (Fsp3) is 0.517. The second-order valence-electron chi connectivity index (χ2n) is 11.2. The number of para-hydroxylation sites is 1. The van der Waals surface area contributed by atoms with Crippen LogP contribution < -0.4 is 9.46 Å². The van der Waals surface area contributed by atoms with Gasteiger partial charge in [0.15, 0.2) is 16.6 Å². The minimum atomic E-state index is -1.32. The van der Waals surface area contributed by atoms with Crippen molar-refractivity contribution in [3.05, 3.63) is 53.6 Å². The van der Waals surface area contributed by atoms with Crippen LogP contribution in [0.3, 0.4) is 0 Å². The first-order valence-electron chi connectivity index (χ1n) is 13.4. The maximum atomic E-state index is 16.1. The van der Waals surface area contributed by atoms with Crippen LogP contribution in [0, 0.1) is 11.6 Å². The number of halogens is 3. The van der Waals surface area contributed by atoms with Gasteiger partial charge in [-0.1, -0.05) is 30.3 Å². The number of nitrogens with one attached hydrogen (secondary N) is 1. The monoisotopic (exact) mass is 580 g/mol. The van der Waals surface area contributed by atoms with Crippen molar-refractivity contribution in [2.75, 3.05) is 13.2 Å². The Labute approximate surface area is 236 Å². The molecule has 0 aromatic heterocycles. The van der Waals surface area contributed by atoms with Crippen molar-refractivity contribution in [1.82, 2.24) is 9.62 Å². The van der Waals surface area contributed by atoms with Gasteiger partial charge in [0.05, 0.1) is 19.1 Å². The van der Waals surface area contributed by atoms with E-state index in [4.69, 9.17) is 14.6 Å². The van der Waals surface area contributed by atoms with Gasteiger partial charge >= 0.3 is 12.1 Å². The van der Waals surface area contributed by atoms with E-state index in [-0.39, 0.29) is 47.9 Å². The zero-order chi connectivity index (χ0) is 29.1. The number of benzene rings is 2. The molecule has 2 aliphatic rings. The minimum Gasteiger partial charge on any atom is -0.489 e. The number of likely N-dealkylation sites (tertiary alicyclic amines) is 1. The van der Waals surface area contributed by atoms with Crippen molar-refractivity contribution in [3.63, 3.8) is 0 Å². The topological polar surface area (TPSA) is 88.1 Å². The number of carbonyl (C=O) groups is 2. The molecular formula is C29H35F3N2O5S. The molecule has 1 saturated heterocycles. The molecule has 2 atom stereocenters. The summed E-state index contributed by atoms with van der Waals surface area (Å²) in [5.74, 6) is -2.68. The van der Waals surface area contributed by atoms with Gasteiger partial charge in [-0.25, -0.2) is 18.0 Å². The first-order chi connectivity index (χ1) is 18.9. The number of nitrogens with zero attached hydrogens (tertiary/aromatic N) is 1. The minimum absolute atomic E-state index is 0.0847. The van der Waals surface area contributed by atoms with Crippen molar-refractivity contribution < 1.29 is 37.3 Å². The zero-order valence-corrected chi connectivity index (χ0v) is 23.7.